The summed E-state index contributed by atoms with van der Waals surface area (Å²) in [7, 11) is 0. The molecule has 102 valence electrons. The van der Waals surface area contributed by atoms with Gasteiger partial charge in [-0.05, 0) is 48.0 Å². The minimum Gasteiger partial charge on any atom is -0.508 e. The van der Waals surface area contributed by atoms with Gasteiger partial charge >= 0.3 is 0 Å². The summed E-state index contributed by atoms with van der Waals surface area (Å²) in [6, 6.07) is 10.9. The molecular weight excluding hydrogens is 324 g/mol. The second kappa shape index (κ2) is 6.21. The highest BCUT2D eigenvalue weighted by Crippen LogP contribution is 2.21. The molecule has 2 rings (SSSR count). The van der Waals surface area contributed by atoms with Crippen LogP contribution in [0.4, 0.5) is 0 Å². The molecule has 5 nitrogen and oxygen atoms in total. The van der Waals surface area contributed by atoms with Crippen LogP contribution in [-0.2, 0) is 0 Å². The summed E-state index contributed by atoms with van der Waals surface area (Å²) in [6.07, 6.45) is 1.44. The highest BCUT2D eigenvalue weighted by Gasteiger charge is 2.10. The average molecular weight is 335 g/mol. The van der Waals surface area contributed by atoms with Crippen LogP contribution in [0.5, 0.6) is 11.5 Å². The van der Waals surface area contributed by atoms with Crippen LogP contribution < -0.4 is 5.43 Å². The highest BCUT2D eigenvalue weighted by molar-refractivity contribution is 9.10. The van der Waals surface area contributed by atoms with Crippen molar-refractivity contribution in [3.8, 4) is 11.5 Å². The zero-order valence-electron chi connectivity index (χ0n) is 10.2. The quantitative estimate of drug-likeness (QED) is 0.596. The van der Waals surface area contributed by atoms with Crippen LogP contribution in [0.2, 0.25) is 0 Å². The Hall–Kier alpha value is -2.34. The Labute approximate surface area is 123 Å². The Balaban J connectivity index is 2.05. The zero-order chi connectivity index (χ0) is 14.5. The molecule has 0 aliphatic heterocycles. The smallest absolute Gasteiger partial charge is 0.275 e. The minimum atomic E-state index is -0.515. The van der Waals surface area contributed by atoms with Gasteiger partial charge in [-0.25, -0.2) is 5.43 Å². The first-order valence-corrected chi connectivity index (χ1v) is 6.46. The molecule has 0 bridgehead atoms. The van der Waals surface area contributed by atoms with Gasteiger partial charge in [-0.15, -0.1) is 0 Å². The van der Waals surface area contributed by atoms with Gasteiger partial charge in [0, 0.05) is 4.47 Å². The summed E-state index contributed by atoms with van der Waals surface area (Å²) in [5.41, 5.74) is 3.17. The monoisotopic (exact) mass is 334 g/mol. The molecule has 0 unspecified atom stereocenters. The third kappa shape index (κ3) is 3.58. The van der Waals surface area contributed by atoms with Crippen LogP contribution in [0.3, 0.4) is 0 Å². The van der Waals surface area contributed by atoms with Crippen molar-refractivity contribution in [1.29, 1.82) is 0 Å². The van der Waals surface area contributed by atoms with E-state index >= 15 is 0 Å². The molecule has 1 amide bonds. The van der Waals surface area contributed by atoms with Gasteiger partial charge in [-0.1, -0.05) is 15.9 Å². The number of phenols is 2. The van der Waals surface area contributed by atoms with Gasteiger partial charge in [0.2, 0.25) is 0 Å². The Morgan fingerprint density at radius 1 is 1.15 bits per heavy atom. The third-order valence-corrected chi connectivity index (χ3v) is 2.97. The number of aromatic hydroxyl groups is 2. The molecule has 0 aliphatic carbocycles. The number of hydrogen-bond acceptors (Lipinski definition) is 4. The van der Waals surface area contributed by atoms with E-state index in [9.17, 15) is 9.90 Å². The Morgan fingerprint density at radius 2 is 1.85 bits per heavy atom. The Kier molecular flexibility index (Phi) is 4.37. The molecular formula is C14H11BrN2O3. The summed E-state index contributed by atoms with van der Waals surface area (Å²) in [6.45, 7) is 0. The van der Waals surface area contributed by atoms with Crippen molar-refractivity contribution < 1.29 is 15.0 Å². The first-order valence-electron chi connectivity index (χ1n) is 5.67. The van der Waals surface area contributed by atoms with Crippen molar-refractivity contribution in [3.63, 3.8) is 0 Å². The predicted octanol–water partition coefficient (Wildman–Crippen LogP) is 2.62. The summed E-state index contributed by atoms with van der Waals surface area (Å²) in [4.78, 5) is 11.8. The lowest BCUT2D eigenvalue weighted by Gasteiger charge is -2.03. The van der Waals surface area contributed by atoms with E-state index in [4.69, 9.17) is 5.11 Å². The number of rotatable bonds is 3. The zero-order valence-corrected chi connectivity index (χ0v) is 11.8. The molecule has 20 heavy (non-hydrogen) atoms. The summed E-state index contributed by atoms with van der Waals surface area (Å²) in [5, 5.41) is 22.5. The van der Waals surface area contributed by atoms with E-state index in [2.05, 4.69) is 26.5 Å². The van der Waals surface area contributed by atoms with Crippen molar-refractivity contribution in [1.82, 2.24) is 5.43 Å². The van der Waals surface area contributed by atoms with E-state index in [0.29, 0.717) is 4.47 Å². The van der Waals surface area contributed by atoms with Gasteiger partial charge in [-0.3, -0.25) is 4.79 Å². The van der Waals surface area contributed by atoms with Gasteiger partial charge in [0.05, 0.1) is 11.8 Å². The number of nitrogens with zero attached hydrogens (tertiary/aromatic N) is 1. The molecule has 0 radical (unpaired) electrons. The maximum atomic E-state index is 11.8. The van der Waals surface area contributed by atoms with Gasteiger partial charge < -0.3 is 10.2 Å². The van der Waals surface area contributed by atoms with Crippen molar-refractivity contribution in [2.45, 2.75) is 0 Å². The number of benzene rings is 2. The number of hydrazone groups is 1. The largest absolute Gasteiger partial charge is 0.508 e. The van der Waals surface area contributed by atoms with Crippen LogP contribution in [0.15, 0.2) is 52.0 Å². The fraction of sp³-hybridized carbons (Fsp3) is 0. The van der Waals surface area contributed by atoms with Crippen molar-refractivity contribution in [3.05, 3.63) is 58.1 Å². The summed E-state index contributed by atoms with van der Waals surface area (Å²) >= 11 is 3.22. The van der Waals surface area contributed by atoms with E-state index < -0.39 is 5.91 Å². The van der Waals surface area contributed by atoms with E-state index in [1.807, 2.05) is 0 Å². The first-order chi connectivity index (χ1) is 9.56. The summed E-state index contributed by atoms with van der Waals surface area (Å²) < 4.78 is 0.683. The SMILES string of the molecule is O=C(NN=Cc1ccc(O)cc1)c1cc(Br)ccc1O. The lowest BCUT2D eigenvalue weighted by Crippen LogP contribution is -2.17. The average Bonchev–Trinajstić information content (AvgIpc) is 2.43. The van der Waals surface area contributed by atoms with Crippen molar-refractivity contribution >= 4 is 28.1 Å². The van der Waals surface area contributed by atoms with Gasteiger partial charge in [0.15, 0.2) is 0 Å². The standard InChI is InChI=1S/C14H11BrN2O3/c15-10-3-6-13(19)12(7-10)14(20)17-16-8-9-1-4-11(18)5-2-9/h1-8,18-19H,(H,17,20). The molecule has 3 N–H and O–H groups in total. The molecule has 0 saturated carbocycles. The lowest BCUT2D eigenvalue weighted by atomic mass is 10.2. The fourth-order valence-corrected chi connectivity index (χ4v) is 1.84. The van der Waals surface area contributed by atoms with Gasteiger partial charge in [0.25, 0.3) is 5.91 Å². The normalized spacial score (nSPS) is 10.7. The topological polar surface area (TPSA) is 81.9 Å². The molecule has 0 spiro atoms. The van der Waals surface area contributed by atoms with Crippen LogP contribution in [0, 0.1) is 0 Å². The number of amides is 1. The number of phenolic OH excluding ortho intramolecular Hbond substituents is 2. The maximum Gasteiger partial charge on any atom is 0.275 e. The molecule has 0 fully saturated rings. The fourth-order valence-electron chi connectivity index (χ4n) is 1.48. The Bertz CT molecular complexity index is 654. The second-order valence-electron chi connectivity index (χ2n) is 3.95. The number of carbonyl (C=O) groups excluding carboxylic acids is 1. The van der Waals surface area contributed by atoms with E-state index in [1.165, 1.54) is 30.5 Å². The number of halogens is 1. The molecule has 0 aromatic heterocycles. The van der Waals surface area contributed by atoms with E-state index in [1.54, 1.807) is 18.2 Å². The molecule has 6 heteroatoms. The van der Waals surface area contributed by atoms with Gasteiger partial charge in [0.1, 0.15) is 11.5 Å². The number of carbonyl (C=O) groups is 1. The van der Waals surface area contributed by atoms with E-state index in [0.717, 1.165) is 5.56 Å². The maximum absolute atomic E-state index is 11.8. The van der Waals surface area contributed by atoms with Crippen LogP contribution in [0.25, 0.3) is 0 Å². The van der Waals surface area contributed by atoms with Crippen molar-refractivity contribution in [2.75, 3.05) is 0 Å². The van der Waals surface area contributed by atoms with Crippen LogP contribution in [0.1, 0.15) is 15.9 Å². The van der Waals surface area contributed by atoms with Crippen molar-refractivity contribution in [2.24, 2.45) is 5.10 Å². The molecule has 0 heterocycles. The highest BCUT2D eigenvalue weighted by atomic mass is 79.9. The van der Waals surface area contributed by atoms with Gasteiger partial charge in [-0.2, -0.15) is 5.10 Å². The third-order valence-electron chi connectivity index (χ3n) is 2.48. The Morgan fingerprint density at radius 3 is 2.55 bits per heavy atom. The lowest BCUT2D eigenvalue weighted by molar-refractivity contribution is 0.0952. The second-order valence-corrected chi connectivity index (χ2v) is 4.87. The van der Waals surface area contributed by atoms with E-state index in [-0.39, 0.29) is 17.1 Å². The first kappa shape index (κ1) is 14.1. The molecule has 0 saturated heterocycles. The minimum absolute atomic E-state index is 0.120. The number of nitrogens with one attached hydrogen (secondary N) is 1. The molecule has 0 atom stereocenters. The summed E-state index contributed by atoms with van der Waals surface area (Å²) in [5.74, 6) is -0.477. The van der Waals surface area contributed by atoms with Crippen LogP contribution >= 0.6 is 15.9 Å². The molecule has 0 aliphatic rings. The predicted molar refractivity (Wildman–Crippen MR) is 79.0 cm³/mol. The van der Waals surface area contributed by atoms with Crippen LogP contribution in [-0.4, -0.2) is 22.3 Å². The molecule has 2 aromatic rings. The number of hydrogen-bond donors (Lipinski definition) is 3. The molecule has 2 aromatic carbocycles.